The molecule has 0 fully saturated rings. The van der Waals surface area contributed by atoms with Gasteiger partial charge in [0.05, 0.1) is 16.9 Å². The molecule has 1 aromatic heterocycles. The molecule has 5 rings (SSSR count). The quantitative estimate of drug-likeness (QED) is 0.209. The van der Waals surface area contributed by atoms with Crippen LogP contribution in [-0.2, 0) is 4.79 Å². The second-order valence-electron chi connectivity index (χ2n) is 8.26. The molecule has 3 amide bonds. The molecule has 0 spiro atoms. The van der Waals surface area contributed by atoms with Gasteiger partial charge in [-0.2, -0.15) is 0 Å². The van der Waals surface area contributed by atoms with Crippen molar-refractivity contribution in [2.75, 3.05) is 21.3 Å². The van der Waals surface area contributed by atoms with Crippen molar-refractivity contribution in [2.24, 2.45) is 0 Å². The standard InChI is InChI=1S/C27H21F2N5O2/c1-15-4-6-19(32-27(36)34-23-9-5-16(28)11-22(23)29)13-24(15)31-18-7-8-20-21(12-17-3-2-10-30-17)26(35)33-25(20)14-18/h2-14,30-31H,1H3,(H,33,35)(H2,32,34,36)/b21-12+. The van der Waals surface area contributed by atoms with Gasteiger partial charge in [-0.25, -0.2) is 13.6 Å². The molecule has 3 aromatic carbocycles. The fourth-order valence-electron chi connectivity index (χ4n) is 3.87. The highest BCUT2D eigenvalue weighted by Crippen LogP contribution is 2.36. The van der Waals surface area contributed by atoms with Crippen LogP contribution in [-0.4, -0.2) is 16.9 Å². The van der Waals surface area contributed by atoms with Crippen molar-refractivity contribution in [3.8, 4) is 0 Å². The Morgan fingerprint density at radius 2 is 1.75 bits per heavy atom. The number of hydrogen-bond donors (Lipinski definition) is 5. The summed E-state index contributed by atoms with van der Waals surface area (Å²) in [6, 6.07) is 16.8. The van der Waals surface area contributed by atoms with Crippen molar-refractivity contribution in [3.05, 3.63) is 101 Å². The monoisotopic (exact) mass is 485 g/mol. The van der Waals surface area contributed by atoms with Gasteiger partial charge in [-0.1, -0.05) is 12.1 Å². The number of aromatic nitrogens is 1. The number of carbonyl (C=O) groups excluding carboxylic acids is 2. The summed E-state index contributed by atoms with van der Waals surface area (Å²) in [5, 5.41) is 11.2. The average Bonchev–Trinajstić information content (AvgIpc) is 3.46. The molecule has 5 N–H and O–H groups in total. The third-order valence-electron chi connectivity index (χ3n) is 5.68. The lowest BCUT2D eigenvalue weighted by molar-refractivity contribution is -0.110. The van der Waals surface area contributed by atoms with Crippen LogP contribution < -0.4 is 21.3 Å². The van der Waals surface area contributed by atoms with E-state index >= 15 is 0 Å². The maximum absolute atomic E-state index is 13.8. The van der Waals surface area contributed by atoms with Crippen LogP contribution in [0.15, 0.2) is 72.9 Å². The molecule has 0 bridgehead atoms. The van der Waals surface area contributed by atoms with Crippen LogP contribution in [0.5, 0.6) is 0 Å². The number of fused-ring (bicyclic) bond motifs is 1. The van der Waals surface area contributed by atoms with Gasteiger partial charge in [0.15, 0.2) is 0 Å². The molecule has 4 aromatic rings. The molecule has 0 aliphatic carbocycles. The van der Waals surface area contributed by atoms with E-state index < -0.39 is 17.7 Å². The first-order chi connectivity index (χ1) is 17.4. The van der Waals surface area contributed by atoms with Gasteiger partial charge in [0.1, 0.15) is 11.6 Å². The zero-order valence-electron chi connectivity index (χ0n) is 19.1. The zero-order valence-corrected chi connectivity index (χ0v) is 19.1. The predicted molar refractivity (Wildman–Crippen MR) is 137 cm³/mol. The topological polar surface area (TPSA) is 98.0 Å². The number of H-pyrrole nitrogens is 1. The van der Waals surface area contributed by atoms with E-state index in [1.54, 1.807) is 24.4 Å². The van der Waals surface area contributed by atoms with Gasteiger partial charge in [0, 0.05) is 40.6 Å². The molecule has 0 saturated carbocycles. The molecule has 1 aliphatic heterocycles. The van der Waals surface area contributed by atoms with Crippen molar-refractivity contribution in [1.82, 2.24) is 4.98 Å². The highest BCUT2D eigenvalue weighted by Gasteiger charge is 2.24. The van der Waals surface area contributed by atoms with Crippen molar-refractivity contribution >= 4 is 52.0 Å². The summed E-state index contributed by atoms with van der Waals surface area (Å²) in [4.78, 5) is 27.9. The number of carbonyl (C=O) groups is 2. The second kappa shape index (κ2) is 9.38. The highest BCUT2D eigenvalue weighted by atomic mass is 19.1. The van der Waals surface area contributed by atoms with Crippen LogP contribution in [0, 0.1) is 18.6 Å². The summed E-state index contributed by atoms with van der Waals surface area (Å²) in [5.74, 6) is -1.78. The minimum Gasteiger partial charge on any atom is -0.362 e. The molecule has 7 nitrogen and oxygen atoms in total. The summed E-state index contributed by atoms with van der Waals surface area (Å²) >= 11 is 0. The maximum atomic E-state index is 13.8. The minimum atomic E-state index is -0.869. The lowest BCUT2D eigenvalue weighted by Crippen LogP contribution is -2.20. The summed E-state index contributed by atoms with van der Waals surface area (Å²) in [5.41, 5.74) is 5.62. The van der Waals surface area contributed by atoms with Crippen LogP contribution in [0.25, 0.3) is 11.6 Å². The SMILES string of the molecule is Cc1ccc(NC(=O)Nc2ccc(F)cc2F)cc1Nc1ccc2c(c1)NC(=O)/C2=C/c1ccc[nH]1. The van der Waals surface area contributed by atoms with Gasteiger partial charge in [0.2, 0.25) is 0 Å². The van der Waals surface area contributed by atoms with Gasteiger partial charge >= 0.3 is 6.03 Å². The van der Waals surface area contributed by atoms with Gasteiger partial charge in [-0.05, 0) is 67.1 Å². The second-order valence-corrected chi connectivity index (χ2v) is 8.26. The van der Waals surface area contributed by atoms with E-state index in [4.69, 9.17) is 0 Å². The first kappa shape index (κ1) is 22.9. The largest absolute Gasteiger partial charge is 0.362 e. The number of benzene rings is 3. The molecule has 0 saturated heterocycles. The van der Waals surface area contributed by atoms with Crippen LogP contribution >= 0.6 is 0 Å². The number of urea groups is 1. The Labute approximate surface area is 205 Å². The third kappa shape index (κ3) is 4.80. The normalized spacial score (nSPS) is 13.3. The van der Waals surface area contributed by atoms with Crippen LogP contribution in [0.2, 0.25) is 0 Å². The fraction of sp³-hybridized carbons (Fsp3) is 0.0370. The van der Waals surface area contributed by atoms with Gasteiger partial charge in [-0.15, -0.1) is 0 Å². The number of halogens is 2. The Morgan fingerprint density at radius 1 is 0.917 bits per heavy atom. The van der Waals surface area contributed by atoms with Crippen LogP contribution in [0.4, 0.5) is 42.0 Å². The van der Waals surface area contributed by atoms with E-state index in [-0.39, 0.29) is 11.6 Å². The Balaban J connectivity index is 1.31. The van der Waals surface area contributed by atoms with Gasteiger partial charge in [-0.3, -0.25) is 4.79 Å². The van der Waals surface area contributed by atoms with Crippen molar-refractivity contribution < 1.29 is 18.4 Å². The Hall–Kier alpha value is -4.92. The first-order valence-electron chi connectivity index (χ1n) is 11.1. The first-order valence-corrected chi connectivity index (χ1v) is 11.1. The molecular weight excluding hydrogens is 464 g/mol. The zero-order chi connectivity index (χ0) is 25.2. The molecule has 180 valence electrons. The number of aryl methyl sites for hydroxylation is 1. The minimum absolute atomic E-state index is 0.135. The van der Waals surface area contributed by atoms with E-state index in [2.05, 4.69) is 26.3 Å². The van der Waals surface area contributed by atoms with Crippen molar-refractivity contribution in [2.45, 2.75) is 6.92 Å². The van der Waals surface area contributed by atoms with Crippen molar-refractivity contribution in [3.63, 3.8) is 0 Å². The fourth-order valence-corrected chi connectivity index (χ4v) is 3.87. The number of amides is 3. The van der Waals surface area contributed by atoms with E-state index in [1.807, 2.05) is 43.3 Å². The summed E-state index contributed by atoms with van der Waals surface area (Å²) in [6.45, 7) is 1.91. The summed E-state index contributed by atoms with van der Waals surface area (Å²) < 4.78 is 26.9. The highest BCUT2D eigenvalue weighted by molar-refractivity contribution is 6.35. The summed E-state index contributed by atoms with van der Waals surface area (Å²) in [6.07, 6.45) is 3.60. The lowest BCUT2D eigenvalue weighted by atomic mass is 10.1. The molecule has 36 heavy (non-hydrogen) atoms. The number of anilines is 5. The van der Waals surface area contributed by atoms with Gasteiger partial charge < -0.3 is 26.3 Å². The average molecular weight is 485 g/mol. The van der Waals surface area contributed by atoms with Gasteiger partial charge in [0.25, 0.3) is 5.91 Å². The number of aromatic amines is 1. The third-order valence-corrected chi connectivity index (χ3v) is 5.68. The molecular formula is C27H21F2N5O2. The van der Waals surface area contributed by atoms with E-state index in [0.717, 1.165) is 40.3 Å². The van der Waals surface area contributed by atoms with E-state index in [9.17, 15) is 18.4 Å². The molecule has 2 heterocycles. The Kier molecular flexibility index (Phi) is 5.95. The molecule has 0 unspecified atom stereocenters. The Bertz CT molecular complexity index is 1510. The molecule has 9 heteroatoms. The van der Waals surface area contributed by atoms with E-state index in [1.165, 1.54) is 0 Å². The van der Waals surface area contributed by atoms with Crippen LogP contribution in [0.1, 0.15) is 16.8 Å². The maximum Gasteiger partial charge on any atom is 0.323 e. The van der Waals surface area contributed by atoms with Crippen molar-refractivity contribution in [1.29, 1.82) is 0 Å². The smallest absolute Gasteiger partial charge is 0.323 e. The number of rotatable bonds is 5. The molecule has 0 radical (unpaired) electrons. The molecule has 1 aliphatic rings. The van der Waals surface area contributed by atoms with Crippen LogP contribution in [0.3, 0.4) is 0 Å². The number of nitrogens with one attached hydrogen (secondary N) is 5. The number of hydrogen-bond acceptors (Lipinski definition) is 3. The van der Waals surface area contributed by atoms with E-state index in [0.29, 0.717) is 23.0 Å². The summed E-state index contributed by atoms with van der Waals surface area (Å²) in [7, 11) is 0. The predicted octanol–water partition coefficient (Wildman–Crippen LogP) is 6.48. The molecule has 0 atom stereocenters. The lowest BCUT2D eigenvalue weighted by Gasteiger charge is -2.14. The Morgan fingerprint density at radius 3 is 2.53 bits per heavy atom.